The zero-order valence-electron chi connectivity index (χ0n) is 23.0. The summed E-state index contributed by atoms with van der Waals surface area (Å²) in [4.78, 5) is 43.4. The highest BCUT2D eigenvalue weighted by Crippen LogP contribution is 2.31. The fourth-order valence-corrected chi connectivity index (χ4v) is 5.76. The van der Waals surface area contributed by atoms with E-state index in [0.29, 0.717) is 0 Å². The van der Waals surface area contributed by atoms with Crippen LogP contribution in [0.2, 0.25) is 0 Å². The molecule has 6 heteroatoms. The maximum atomic E-state index is 14.3. The van der Waals surface area contributed by atoms with Gasteiger partial charge in [0.15, 0.2) is 0 Å². The molecule has 2 N–H and O–H groups in total. The Labute approximate surface area is 227 Å². The second-order valence-electron chi connectivity index (χ2n) is 11.5. The summed E-state index contributed by atoms with van der Waals surface area (Å²) in [5, 5.41) is 6.40. The lowest BCUT2D eigenvalue weighted by molar-refractivity contribution is -0.154. The molecule has 2 saturated carbocycles. The number of carbonyl (C=O) groups is 3. The fourth-order valence-electron chi connectivity index (χ4n) is 5.76. The predicted molar refractivity (Wildman–Crippen MR) is 150 cm³/mol. The number of hydrogen-bond donors (Lipinski definition) is 2. The number of rotatable bonds is 9. The highest BCUT2D eigenvalue weighted by molar-refractivity contribution is 6.05. The van der Waals surface area contributed by atoms with Crippen LogP contribution >= 0.6 is 0 Å². The van der Waals surface area contributed by atoms with E-state index in [1.54, 1.807) is 18.7 Å². The van der Waals surface area contributed by atoms with Crippen molar-refractivity contribution < 1.29 is 14.4 Å². The molecule has 0 radical (unpaired) electrons. The predicted octanol–water partition coefficient (Wildman–Crippen LogP) is 5.68. The van der Waals surface area contributed by atoms with E-state index in [4.69, 9.17) is 0 Å². The van der Waals surface area contributed by atoms with E-state index >= 15 is 0 Å². The first-order valence-corrected chi connectivity index (χ1v) is 14.4. The summed E-state index contributed by atoms with van der Waals surface area (Å²) in [6.07, 6.45) is 10.6. The number of nitrogens with zero attached hydrogens (tertiary/aromatic N) is 1. The molecule has 2 aliphatic rings. The normalized spacial score (nSPS) is 17.8. The Balaban J connectivity index is 1.66. The highest BCUT2D eigenvalue weighted by Gasteiger charge is 2.44. The van der Waals surface area contributed by atoms with Crippen LogP contribution in [-0.4, -0.2) is 34.7 Å². The smallest absolute Gasteiger partial charge is 0.247 e. The van der Waals surface area contributed by atoms with Crippen molar-refractivity contribution >= 4 is 17.7 Å². The van der Waals surface area contributed by atoms with E-state index in [2.05, 4.69) is 10.6 Å². The van der Waals surface area contributed by atoms with Gasteiger partial charge in [-0.05, 0) is 50.7 Å². The fraction of sp³-hybridized carbons (Fsp3) is 0.531. The van der Waals surface area contributed by atoms with E-state index in [9.17, 15) is 14.4 Å². The van der Waals surface area contributed by atoms with Crippen LogP contribution < -0.4 is 10.6 Å². The average molecular weight is 518 g/mol. The van der Waals surface area contributed by atoms with Crippen LogP contribution in [0.25, 0.3) is 0 Å². The van der Waals surface area contributed by atoms with Crippen molar-refractivity contribution in [3.8, 4) is 0 Å². The molecule has 0 bridgehead atoms. The van der Waals surface area contributed by atoms with Crippen LogP contribution in [0.15, 0.2) is 60.7 Å². The summed E-state index contributed by atoms with van der Waals surface area (Å²) in [6.45, 7) is 3.61. The largest absolute Gasteiger partial charge is 0.352 e. The van der Waals surface area contributed by atoms with Crippen molar-refractivity contribution in [2.75, 3.05) is 0 Å². The average Bonchev–Trinajstić information content (AvgIpc) is 2.94. The van der Waals surface area contributed by atoms with E-state index in [1.165, 1.54) is 12.8 Å². The van der Waals surface area contributed by atoms with E-state index < -0.39 is 11.5 Å². The van der Waals surface area contributed by atoms with Gasteiger partial charge < -0.3 is 15.5 Å². The zero-order valence-corrected chi connectivity index (χ0v) is 23.0. The first-order chi connectivity index (χ1) is 18.4. The molecular formula is C32H43N3O3. The summed E-state index contributed by atoms with van der Waals surface area (Å²) < 4.78 is 0. The molecule has 0 heterocycles. The van der Waals surface area contributed by atoms with Crippen molar-refractivity contribution in [1.29, 1.82) is 0 Å². The molecule has 0 spiro atoms. The molecule has 0 saturated heterocycles. The lowest BCUT2D eigenvalue weighted by Crippen LogP contribution is -2.54. The number of benzene rings is 2. The van der Waals surface area contributed by atoms with Crippen LogP contribution in [-0.2, 0) is 20.9 Å². The molecule has 1 atom stereocenters. The Kier molecular flexibility index (Phi) is 9.59. The van der Waals surface area contributed by atoms with Gasteiger partial charge in [0.2, 0.25) is 17.7 Å². The van der Waals surface area contributed by atoms with Gasteiger partial charge in [-0.15, -0.1) is 0 Å². The van der Waals surface area contributed by atoms with Crippen molar-refractivity contribution in [1.82, 2.24) is 15.5 Å². The number of carbonyl (C=O) groups excluding carboxylic acids is 3. The minimum atomic E-state index is -1.33. The van der Waals surface area contributed by atoms with Crippen molar-refractivity contribution in [2.24, 2.45) is 5.41 Å². The first-order valence-electron chi connectivity index (χ1n) is 14.4. The van der Waals surface area contributed by atoms with Gasteiger partial charge in [0.05, 0.1) is 0 Å². The zero-order chi connectivity index (χ0) is 27.0. The molecule has 2 aromatic rings. The van der Waals surface area contributed by atoms with Gasteiger partial charge in [-0.25, -0.2) is 0 Å². The Morgan fingerprint density at radius 2 is 1.26 bits per heavy atom. The van der Waals surface area contributed by atoms with Crippen molar-refractivity contribution in [3.05, 3.63) is 71.8 Å². The Bertz CT molecular complexity index is 1060. The third-order valence-electron chi connectivity index (χ3n) is 8.13. The molecule has 0 aromatic heterocycles. The molecule has 2 aromatic carbocycles. The lowest BCUT2D eigenvalue weighted by atomic mass is 9.87. The number of amides is 3. The van der Waals surface area contributed by atoms with Crippen LogP contribution in [0.3, 0.4) is 0 Å². The monoisotopic (exact) mass is 517 g/mol. The van der Waals surface area contributed by atoms with Crippen LogP contribution in [0.1, 0.15) is 95.2 Å². The van der Waals surface area contributed by atoms with Crippen LogP contribution in [0.4, 0.5) is 0 Å². The summed E-state index contributed by atoms with van der Waals surface area (Å²) >= 11 is 0. The van der Waals surface area contributed by atoms with E-state index in [-0.39, 0.29) is 36.3 Å². The van der Waals surface area contributed by atoms with Gasteiger partial charge in [0, 0.05) is 18.6 Å². The third kappa shape index (κ3) is 7.03. The van der Waals surface area contributed by atoms with Gasteiger partial charge >= 0.3 is 0 Å². The molecule has 2 fully saturated rings. The number of hydrogen-bond acceptors (Lipinski definition) is 3. The Morgan fingerprint density at radius 3 is 1.82 bits per heavy atom. The molecule has 6 nitrogen and oxygen atoms in total. The molecule has 0 aliphatic heterocycles. The van der Waals surface area contributed by atoms with Gasteiger partial charge in [-0.1, -0.05) is 99.2 Å². The topological polar surface area (TPSA) is 78.5 Å². The SMILES string of the molecule is CC(C)(C(=O)NC1CCCCC1)C(=O)N(Cc1ccccc1)C(C(=O)NC1CCCCC1)c1ccccc1. The maximum Gasteiger partial charge on any atom is 0.247 e. The van der Waals surface area contributed by atoms with Crippen molar-refractivity contribution in [2.45, 2.75) is 103 Å². The molecule has 2 aliphatic carbocycles. The third-order valence-corrected chi connectivity index (χ3v) is 8.13. The highest BCUT2D eigenvalue weighted by atomic mass is 16.2. The minimum absolute atomic E-state index is 0.102. The first kappa shape index (κ1) is 27.9. The van der Waals surface area contributed by atoms with Gasteiger partial charge in [-0.2, -0.15) is 0 Å². The van der Waals surface area contributed by atoms with Gasteiger partial charge in [0.1, 0.15) is 11.5 Å². The quantitative estimate of drug-likeness (QED) is 0.420. The summed E-state index contributed by atoms with van der Waals surface area (Å²) in [5.41, 5.74) is 0.328. The molecule has 38 heavy (non-hydrogen) atoms. The van der Waals surface area contributed by atoms with Crippen molar-refractivity contribution in [3.63, 3.8) is 0 Å². The molecule has 1 unspecified atom stereocenters. The van der Waals surface area contributed by atoms with E-state index in [1.807, 2.05) is 60.7 Å². The summed E-state index contributed by atoms with van der Waals surface area (Å²) in [7, 11) is 0. The number of nitrogens with one attached hydrogen (secondary N) is 2. The lowest BCUT2D eigenvalue weighted by Gasteiger charge is -2.38. The van der Waals surface area contributed by atoms with Gasteiger partial charge in [-0.3, -0.25) is 14.4 Å². The summed E-state index contributed by atoms with van der Waals surface area (Å²) in [5.74, 6) is -0.801. The standard InChI is InChI=1S/C32H43N3O3/c1-32(2,30(37)34-27-21-13-6-14-22-27)31(38)35(23-24-15-7-3-8-16-24)28(25-17-9-4-10-18-25)29(36)33-26-19-11-5-12-20-26/h3-4,7-10,15-18,26-28H,5-6,11-14,19-23H2,1-2H3,(H,33,36)(H,34,37). The van der Waals surface area contributed by atoms with Crippen LogP contribution in [0.5, 0.6) is 0 Å². The second-order valence-corrected chi connectivity index (χ2v) is 11.5. The molecular weight excluding hydrogens is 474 g/mol. The summed E-state index contributed by atoms with van der Waals surface area (Å²) in [6, 6.07) is 18.6. The minimum Gasteiger partial charge on any atom is -0.352 e. The molecule has 3 amide bonds. The van der Waals surface area contributed by atoms with Crippen LogP contribution in [0, 0.1) is 5.41 Å². The van der Waals surface area contributed by atoms with Gasteiger partial charge in [0.25, 0.3) is 0 Å². The molecule has 204 valence electrons. The second kappa shape index (κ2) is 13.1. The van der Waals surface area contributed by atoms with E-state index in [0.717, 1.165) is 62.5 Å². The Morgan fingerprint density at radius 1 is 0.763 bits per heavy atom. The molecule has 4 rings (SSSR count). The Hall–Kier alpha value is -3.15. The maximum absolute atomic E-state index is 14.3.